The summed E-state index contributed by atoms with van der Waals surface area (Å²) < 4.78 is 0. The molecule has 2 nitrogen and oxygen atoms in total. The molecular weight excluding hydrogens is 318 g/mol. The summed E-state index contributed by atoms with van der Waals surface area (Å²) in [6, 6.07) is 5.94. The van der Waals surface area contributed by atoms with Crippen molar-refractivity contribution in [2.75, 3.05) is 0 Å². The van der Waals surface area contributed by atoms with Crippen molar-refractivity contribution >= 4 is 46.4 Å². The molecule has 2 aromatic rings. The van der Waals surface area contributed by atoms with Crippen molar-refractivity contribution in [3.8, 4) is 22.6 Å². The minimum absolute atomic E-state index is 0.0365. The maximum Gasteiger partial charge on any atom is 0.135 e. The molecule has 2 aromatic carbocycles. The van der Waals surface area contributed by atoms with Gasteiger partial charge in [0.25, 0.3) is 0 Å². The van der Waals surface area contributed by atoms with Crippen LogP contribution in [0.5, 0.6) is 11.5 Å². The molecule has 0 aliphatic carbocycles. The molecule has 0 aliphatic heterocycles. The first-order chi connectivity index (χ1) is 8.43. The molecule has 0 bridgehead atoms. The van der Waals surface area contributed by atoms with E-state index in [1.807, 2.05) is 0 Å². The van der Waals surface area contributed by atoms with Crippen LogP contribution < -0.4 is 0 Å². The molecular formula is C12H6Cl4O2. The zero-order valence-corrected chi connectivity index (χ0v) is 11.7. The highest BCUT2D eigenvalue weighted by Crippen LogP contribution is 2.44. The normalized spacial score (nSPS) is 10.7. The third-order valence-corrected chi connectivity index (χ3v) is 4.16. The number of benzene rings is 2. The molecule has 0 saturated carbocycles. The van der Waals surface area contributed by atoms with E-state index < -0.39 is 0 Å². The lowest BCUT2D eigenvalue weighted by Gasteiger charge is -2.11. The summed E-state index contributed by atoms with van der Waals surface area (Å²) in [5.41, 5.74) is 1.04. The van der Waals surface area contributed by atoms with Gasteiger partial charge in [0.2, 0.25) is 0 Å². The Balaban J connectivity index is 2.71. The fourth-order valence-electron chi connectivity index (χ4n) is 1.49. The molecule has 0 amide bonds. The van der Waals surface area contributed by atoms with E-state index in [4.69, 9.17) is 46.4 Å². The lowest BCUT2D eigenvalue weighted by molar-refractivity contribution is 0.475. The predicted octanol–water partition coefficient (Wildman–Crippen LogP) is 5.38. The van der Waals surface area contributed by atoms with Crippen molar-refractivity contribution in [2.24, 2.45) is 0 Å². The van der Waals surface area contributed by atoms with E-state index in [0.717, 1.165) is 0 Å². The number of aromatic hydroxyl groups is 2. The largest absolute Gasteiger partial charge is 0.506 e. The maximum atomic E-state index is 9.42. The molecule has 0 unspecified atom stereocenters. The highest BCUT2D eigenvalue weighted by atomic mass is 35.5. The van der Waals surface area contributed by atoms with Crippen LogP contribution in [0.3, 0.4) is 0 Å². The molecule has 6 heteroatoms. The molecule has 0 aliphatic rings. The third-order valence-electron chi connectivity index (χ3n) is 2.41. The SMILES string of the molecule is Oc1ccc(-c2ccc(O)c(Cl)c2Cl)c(Cl)c1Cl. The maximum absolute atomic E-state index is 9.42. The zero-order chi connectivity index (χ0) is 13.4. The molecule has 0 fully saturated rings. The molecule has 0 aromatic heterocycles. The van der Waals surface area contributed by atoms with Crippen LogP contribution >= 0.6 is 46.4 Å². The van der Waals surface area contributed by atoms with Gasteiger partial charge in [-0.15, -0.1) is 0 Å². The van der Waals surface area contributed by atoms with Gasteiger partial charge < -0.3 is 10.2 Å². The fraction of sp³-hybridized carbons (Fsp3) is 0. The van der Waals surface area contributed by atoms with Crippen molar-refractivity contribution in [1.29, 1.82) is 0 Å². The van der Waals surface area contributed by atoms with Crippen LogP contribution in [-0.2, 0) is 0 Å². The van der Waals surface area contributed by atoms with Crippen molar-refractivity contribution < 1.29 is 10.2 Å². The van der Waals surface area contributed by atoms with E-state index in [1.54, 1.807) is 12.1 Å². The number of hydrogen-bond donors (Lipinski definition) is 2. The molecule has 0 saturated heterocycles. The van der Waals surface area contributed by atoms with Crippen LogP contribution in [0.15, 0.2) is 24.3 Å². The average Bonchev–Trinajstić information content (AvgIpc) is 2.35. The molecule has 2 rings (SSSR count). The smallest absolute Gasteiger partial charge is 0.135 e. The van der Waals surface area contributed by atoms with Crippen molar-refractivity contribution in [3.05, 3.63) is 44.4 Å². The number of rotatable bonds is 1. The predicted molar refractivity (Wildman–Crippen MR) is 75.2 cm³/mol. The summed E-state index contributed by atoms with van der Waals surface area (Å²) in [6.07, 6.45) is 0. The van der Waals surface area contributed by atoms with E-state index in [9.17, 15) is 10.2 Å². The van der Waals surface area contributed by atoms with Gasteiger partial charge in [-0.05, 0) is 24.3 Å². The van der Waals surface area contributed by atoms with E-state index in [1.165, 1.54) is 12.1 Å². The van der Waals surface area contributed by atoms with Gasteiger partial charge in [-0.1, -0.05) is 46.4 Å². The third kappa shape index (κ3) is 2.21. The van der Waals surface area contributed by atoms with Crippen LogP contribution in [-0.4, -0.2) is 10.2 Å². The summed E-state index contributed by atoms with van der Waals surface area (Å²) in [7, 11) is 0. The van der Waals surface area contributed by atoms with E-state index in [2.05, 4.69) is 0 Å². The lowest BCUT2D eigenvalue weighted by Crippen LogP contribution is -1.84. The Morgan fingerprint density at radius 2 is 0.889 bits per heavy atom. The first-order valence-corrected chi connectivity index (χ1v) is 6.29. The second-order valence-electron chi connectivity index (χ2n) is 3.52. The quantitative estimate of drug-likeness (QED) is 0.739. The first-order valence-electron chi connectivity index (χ1n) is 4.77. The average molecular weight is 324 g/mol. The summed E-state index contributed by atoms with van der Waals surface area (Å²) in [5.74, 6) is -0.238. The molecule has 18 heavy (non-hydrogen) atoms. The number of phenolic OH excluding ortho intramolecular Hbond substituents is 2. The Morgan fingerprint density at radius 1 is 0.556 bits per heavy atom. The van der Waals surface area contributed by atoms with Gasteiger partial charge in [0.05, 0.1) is 10.0 Å². The second kappa shape index (κ2) is 5.06. The molecule has 2 N–H and O–H groups in total. The van der Waals surface area contributed by atoms with Gasteiger partial charge >= 0.3 is 0 Å². The summed E-state index contributed by atoms with van der Waals surface area (Å²) in [4.78, 5) is 0. The summed E-state index contributed by atoms with van der Waals surface area (Å²) in [5, 5.41) is 19.3. The number of phenols is 2. The van der Waals surface area contributed by atoms with Crippen LogP contribution in [0, 0.1) is 0 Å². The Morgan fingerprint density at radius 3 is 1.22 bits per heavy atom. The van der Waals surface area contributed by atoms with Crippen LogP contribution in [0.25, 0.3) is 11.1 Å². The fourth-order valence-corrected chi connectivity index (χ4v) is 2.35. The molecule has 0 radical (unpaired) electrons. The Labute approximate surface area is 123 Å². The minimum atomic E-state index is -0.119. The summed E-state index contributed by atoms with van der Waals surface area (Å²) >= 11 is 23.8. The van der Waals surface area contributed by atoms with Gasteiger partial charge in [0.15, 0.2) is 0 Å². The minimum Gasteiger partial charge on any atom is -0.506 e. The Hall–Kier alpha value is -0.800. The van der Waals surface area contributed by atoms with E-state index >= 15 is 0 Å². The van der Waals surface area contributed by atoms with Gasteiger partial charge in [0.1, 0.15) is 21.5 Å². The summed E-state index contributed by atoms with van der Waals surface area (Å²) in [6.45, 7) is 0. The molecule has 94 valence electrons. The highest BCUT2D eigenvalue weighted by molar-refractivity contribution is 6.47. The topological polar surface area (TPSA) is 40.5 Å². The first kappa shape index (κ1) is 13.6. The van der Waals surface area contributed by atoms with Crippen molar-refractivity contribution in [2.45, 2.75) is 0 Å². The highest BCUT2D eigenvalue weighted by Gasteiger charge is 2.16. The molecule has 0 heterocycles. The van der Waals surface area contributed by atoms with Gasteiger partial charge in [-0.2, -0.15) is 0 Å². The Kier molecular flexibility index (Phi) is 3.83. The molecule has 0 atom stereocenters. The van der Waals surface area contributed by atoms with Crippen LogP contribution in [0.1, 0.15) is 0 Å². The monoisotopic (exact) mass is 322 g/mol. The standard InChI is InChI=1S/C12H6Cl4O2/c13-9-5(1-3-7(17)11(9)15)6-2-4-8(18)12(16)10(6)14/h1-4,17-18H. The number of hydrogen-bond acceptors (Lipinski definition) is 2. The second-order valence-corrected chi connectivity index (χ2v) is 5.03. The number of halogens is 4. The van der Waals surface area contributed by atoms with Gasteiger partial charge in [-0.25, -0.2) is 0 Å². The van der Waals surface area contributed by atoms with E-state index in [0.29, 0.717) is 11.1 Å². The zero-order valence-electron chi connectivity index (χ0n) is 8.72. The van der Waals surface area contributed by atoms with Gasteiger partial charge in [-0.3, -0.25) is 0 Å². The Bertz CT molecular complexity index is 570. The van der Waals surface area contributed by atoms with E-state index in [-0.39, 0.29) is 31.6 Å². The van der Waals surface area contributed by atoms with Crippen molar-refractivity contribution in [1.82, 2.24) is 0 Å². The van der Waals surface area contributed by atoms with Gasteiger partial charge in [0, 0.05) is 11.1 Å². The van der Waals surface area contributed by atoms with Crippen molar-refractivity contribution in [3.63, 3.8) is 0 Å². The van der Waals surface area contributed by atoms with Crippen LogP contribution in [0.2, 0.25) is 20.1 Å². The lowest BCUT2D eigenvalue weighted by atomic mass is 10.1. The van der Waals surface area contributed by atoms with Crippen LogP contribution in [0.4, 0.5) is 0 Å². The molecule has 0 spiro atoms.